The normalized spacial score (nSPS) is 32.5. The van der Waals surface area contributed by atoms with Crippen LogP contribution in [-0.4, -0.2) is 5.54 Å². The van der Waals surface area contributed by atoms with E-state index in [0.717, 1.165) is 18.3 Å². The highest BCUT2D eigenvalue weighted by Gasteiger charge is 2.34. The van der Waals surface area contributed by atoms with Crippen LogP contribution in [0.4, 0.5) is 0 Å². The first kappa shape index (κ1) is 13.6. The zero-order valence-corrected chi connectivity index (χ0v) is 12.3. The average molecular weight is 245 g/mol. The molecule has 1 aliphatic rings. The number of hydrogen-bond acceptors (Lipinski definition) is 1. The van der Waals surface area contributed by atoms with Gasteiger partial charge in [-0.25, -0.2) is 0 Å². The van der Waals surface area contributed by atoms with Gasteiger partial charge in [-0.15, -0.1) is 0 Å². The molecule has 0 bridgehead atoms. The molecule has 1 saturated carbocycles. The van der Waals surface area contributed by atoms with Crippen molar-refractivity contribution in [2.75, 3.05) is 0 Å². The van der Waals surface area contributed by atoms with Gasteiger partial charge < -0.3 is 5.73 Å². The summed E-state index contributed by atoms with van der Waals surface area (Å²) < 4.78 is 0. The Bertz CT molecular complexity index is 403. The van der Waals surface area contributed by atoms with Gasteiger partial charge in [0.1, 0.15) is 0 Å². The maximum atomic E-state index is 6.64. The molecule has 0 spiro atoms. The molecule has 3 atom stereocenters. The van der Waals surface area contributed by atoms with Crippen molar-refractivity contribution in [2.45, 2.75) is 58.9 Å². The third-order valence-electron chi connectivity index (χ3n) is 4.64. The second kappa shape index (κ2) is 5.05. The van der Waals surface area contributed by atoms with Gasteiger partial charge in [0.2, 0.25) is 0 Å². The molecule has 0 heterocycles. The minimum absolute atomic E-state index is 0.0200. The van der Waals surface area contributed by atoms with Gasteiger partial charge in [0, 0.05) is 5.54 Å². The van der Waals surface area contributed by atoms with E-state index in [2.05, 4.69) is 45.9 Å². The highest BCUT2D eigenvalue weighted by molar-refractivity contribution is 5.30. The number of nitrogens with two attached hydrogens (primary N) is 1. The first-order chi connectivity index (χ1) is 8.38. The zero-order chi connectivity index (χ0) is 13.3. The summed E-state index contributed by atoms with van der Waals surface area (Å²) in [5.41, 5.74) is 10.8. The molecule has 0 radical (unpaired) electrons. The molecule has 100 valence electrons. The van der Waals surface area contributed by atoms with Gasteiger partial charge >= 0.3 is 0 Å². The number of aryl methyl sites for hydroxylation is 2. The van der Waals surface area contributed by atoms with Gasteiger partial charge in [-0.3, -0.25) is 0 Å². The van der Waals surface area contributed by atoms with Crippen molar-refractivity contribution in [3.63, 3.8) is 0 Å². The Kier molecular flexibility index (Phi) is 3.82. The van der Waals surface area contributed by atoms with Crippen LogP contribution in [0.3, 0.4) is 0 Å². The molecule has 1 aromatic rings. The summed E-state index contributed by atoms with van der Waals surface area (Å²) in [4.78, 5) is 0. The fourth-order valence-corrected chi connectivity index (χ4v) is 3.48. The van der Waals surface area contributed by atoms with Crippen molar-refractivity contribution in [3.05, 3.63) is 34.9 Å². The maximum absolute atomic E-state index is 6.64. The standard InChI is InChI=1S/C17H27N/c1-12-7-13(2)9-16(8-12)11-17(18)6-5-14(3)15(4)10-17/h7-9,14-15H,5-6,10-11,18H2,1-4H3. The van der Waals surface area contributed by atoms with Gasteiger partial charge in [0.05, 0.1) is 0 Å². The van der Waals surface area contributed by atoms with E-state index in [1.54, 1.807) is 0 Å². The van der Waals surface area contributed by atoms with Crippen LogP contribution in [0.25, 0.3) is 0 Å². The number of rotatable bonds is 2. The zero-order valence-electron chi connectivity index (χ0n) is 12.3. The first-order valence-electron chi connectivity index (χ1n) is 7.24. The minimum Gasteiger partial charge on any atom is -0.325 e. The fraction of sp³-hybridized carbons (Fsp3) is 0.647. The quantitative estimate of drug-likeness (QED) is 0.837. The average Bonchev–Trinajstić information content (AvgIpc) is 2.22. The van der Waals surface area contributed by atoms with E-state index in [9.17, 15) is 0 Å². The lowest BCUT2D eigenvalue weighted by molar-refractivity contribution is 0.176. The van der Waals surface area contributed by atoms with E-state index < -0.39 is 0 Å². The Balaban J connectivity index is 2.12. The monoisotopic (exact) mass is 245 g/mol. The predicted molar refractivity (Wildman–Crippen MR) is 78.7 cm³/mol. The van der Waals surface area contributed by atoms with Crippen molar-refractivity contribution in [1.29, 1.82) is 0 Å². The molecule has 0 saturated heterocycles. The Morgan fingerprint density at radius 1 is 1.11 bits per heavy atom. The molecule has 18 heavy (non-hydrogen) atoms. The number of benzene rings is 1. The second-order valence-electron chi connectivity index (χ2n) is 6.73. The molecule has 1 fully saturated rings. The Morgan fingerprint density at radius 2 is 1.72 bits per heavy atom. The van der Waals surface area contributed by atoms with Crippen molar-refractivity contribution >= 4 is 0 Å². The fourth-order valence-electron chi connectivity index (χ4n) is 3.48. The first-order valence-corrected chi connectivity index (χ1v) is 7.24. The summed E-state index contributed by atoms with van der Waals surface area (Å²) in [6.45, 7) is 9.06. The van der Waals surface area contributed by atoms with Gasteiger partial charge in [0.25, 0.3) is 0 Å². The van der Waals surface area contributed by atoms with Crippen LogP contribution in [0.2, 0.25) is 0 Å². The summed E-state index contributed by atoms with van der Waals surface area (Å²) in [5, 5.41) is 0. The predicted octanol–water partition coefficient (Wildman–Crippen LogP) is 4.00. The maximum Gasteiger partial charge on any atom is 0.0197 e. The van der Waals surface area contributed by atoms with Crippen LogP contribution in [0.1, 0.15) is 49.8 Å². The summed E-state index contributed by atoms with van der Waals surface area (Å²) in [6.07, 6.45) is 4.65. The van der Waals surface area contributed by atoms with Crippen molar-refractivity contribution in [1.82, 2.24) is 0 Å². The highest BCUT2D eigenvalue weighted by atomic mass is 14.7. The molecular weight excluding hydrogens is 218 g/mol. The van der Waals surface area contributed by atoms with E-state index in [-0.39, 0.29) is 5.54 Å². The topological polar surface area (TPSA) is 26.0 Å². The second-order valence-corrected chi connectivity index (χ2v) is 6.73. The summed E-state index contributed by atoms with van der Waals surface area (Å²) in [5.74, 6) is 1.59. The van der Waals surface area contributed by atoms with Crippen molar-refractivity contribution < 1.29 is 0 Å². The van der Waals surface area contributed by atoms with Crippen LogP contribution >= 0.6 is 0 Å². The lowest BCUT2D eigenvalue weighted by Gasteiger charge is -2.40. The molecule has 0 aromatic heterocycles. The van der Waals surface area contributed by atoms with E-state index in [4.69, 9.17) is 5.73 Å². The minimum atomic E-state index is 0.0200. The SMILES string of the molecule is Cc1cc(C)cc(CC2(N)CCC(C)C(C)C2)c1. The largest absolute Gasteiger partial charge is 0.325 e. The van der Waals surface area contributed by atoms with Crippen LogP contribution in [0.15, 0.2) is 18.2 Å². The highest BCUT2D eigenvalue weighted by Crippen LogP contribution is 2.36. The molecule has 1 aromatic carbocycles. The van der Waals surface area contributed by atoms with E-state index >= 15 is 0 Å². The van der Waals surface area contributed by atoms with Crippen molar-refractivity contribution in [3.8, 4) is 0 Å². The van der Waals surface area contributed by atoms with E-state index in [1.165, 1.54) is 36.0 Å². The Labute approximate surface area is 112 Å². The summed E-state index contributed by atoms with van der Waals surface area (Å²) in [7, 11) is 0. The lowest BCUT2D eigenvalue weighted by atomic mass is 9.69. The van der Waals surface area contributed by atoms with Crippen molar-refractivity contribution in [2.24, 2.45) is 17.6 Å². The van der Waals surface area contributed by atoms with E-state index in [0.29, 0.717) is 0 Å². The Morgan fingerprint density at radius 3 is 2.28 bits per heavy atom. The molecule has 1 aliphatic carbocycles. The third-order valence-corrected chi connectivity index (χ3v) is 4.64. The smallest absolute Gasteiger partial charge is 0.0197 e. The van der Waals surface area contributed by atoms with Gasteiger partial charge in [0.15, 0.2) is 0 Å². The summed E-state index contributed by atoms with van der Waals surface area (Å²) >= 11 is 0. The van der Waals surface area contributed by atoms with Crippen LogP contribution in [0, 0.1) is 25.7 Å². The molecule has 1 heteroatoms. The van der Waals surface area contributed by atoms with E-state index in [1.807, 2.05) is 0 Å². The molecule has 2 rings (SSSR count). The molecule has 0 amide bonds. The lowest BCUT2D eigenvalue weighted by Crippen LogP contribution is -2.47. The molecule has 3 unspecified atom stereocenters. The molecule has 1 nitrogen and oxygen atoms in total. The molecule has 2 N–H and O–H groups in total. The number of hydrogen-bond donors (Lipinski definition) is 1. The molecule has 0 aliphatic heterocycles. The Hall–Kier alpha value is -0.820. The van der Waals surface area contributed by atoms with Gasteiger partial charge in [-0.2, -0.15) is 0 Å². The van der Waals surface area contributed by atoms with Crippen LogP contribution in [0.5, 0.6) is 0 Å². The van der Waals surface area contributed by atoms with Crippen LogP contribution < -0.4 is 5.73 Å². The van der Waals surface area contributed by atoms with Gasteiger partial charge in [-0.05, 0) is 56.9 Å². The third kappa shape index (κ3) is 3.14. The summed E-state index contributed by atoms with van der Waals surface area (Å²) in [6, 6.07) is 6.83. The molecular formula is C17H27N. The van der Waals surface area contributed by atoms with Gasteiger partial charge in [-0.1, -0.05) is 43.2 Å². The van der Waals surface area contributed by atoms with Crippen LogP contribution in [-0.2, 0) is 6.42 Å².